The number of nitrogens with one attached hydrogen (secondary N) is 1. The van der Waals surface area contributed by atoms with Gasteiger partial charge in [-0.05, 0) is 25.7 Å². The van der Waals surface area contributed by atoms with E-state index in [1.165, 1.54) is 64.2 Å². The van der Waals surface area contributed by atoms with Crippen molar-refractivity contribution in [1.82, 2.24) is 0 Å². The molecule has 22 heavy (non-hydrogen) atoms. The zero-order valence-corrected chi connectivity index (χ0v) is 14.7. The van der Waals surface area contributed by atoms with Crippen LogP contribution in [0.4, 0.5) is 0 Å². The fourth-order valence-electron chi connectivity index (χ4n) is 3.47. The van der Waals surface area contributed by atoms with E-state index < -0.39 is 0 Å². The second kappa shape index (κ2) is 10.9. The van der Waals surface area contributed by atoms with Gasteiger partial charge in [0.2, 0.25) is 0 Å². The van der Waals surface area contributed by atoms with Gasteiger partial charge in [-0.15, -0.1) is 0 Å². The van der Waals surface area contributed by atoms with Gasteiger partial charge in [-0.2, -0.15) is 0 Å². The van der Waals surface area contributed by atoms with Crippen molar-refractivity contribution >= 4 is 6.01 Å². The molecule has 0 aromatic heterocycles. The number of hydrogen-bond donors (Lipinski definition) is 1. The van der Waals surface area contributed by atoms with Gasteiger partial charge in [-0.1, -0.05) is 51.4 Å². The van der Waals surface area contributed by atoms with Crippen molar-refractivity contribution in [3.8, 4) is 0 Å². The van der Waals surface area contributed by atoms with Crippen molar-refractivity contribution in [3.63, 3.8) is 0 Å². The molecule has 0 bridgehead atoms. The Labute approximate surface area is 136 Å². The van der Waals surface area contributed by atoms with Gasteiger partial charge in [0.05, 0.1) is 12.1 Å². The molecule has 2 aliphatic carbocycles. The van der Waals surface area contributed by atoms with Gasteiger partial charge in [0.15, 0.2) is 5.79 Å². The van der Waals surface area contributed by atoms with Crippen molar-refractivity contribution in [2.24, 2.45) is 10.9 Å². The van der Waals surface area contributed by atoms with E-state index in [0.29, 0.717) is 6.04 Å². The summed E-state index contributed by atoms with van der Waals surface area (Å²) in [7, 11) is 3.46. The van der Waals surface area contributed by atoms with E-state index >= 15 is 0 Å². The van der Waals surface area contributed by atoms with E-state index in [4.69, 9.17) is 14.9 Å². The SMILES string of the molecule is COC(C)(CC1CCCCC1)OC.N=C=NC1CCCCC1. The third kappa shape index (κ3) is 7.53. The Balaban J connectivity index is 0.000000235. The van der Waals surface area contributed by atoms with E-state index in [-0.39, 0.29) is 5.79 Å². The molecule has 128 valence electrons. The van der Waals surface area contributed by atoms with Gasteiger partial charge in [0.25, 0.3) is 0 Å². The molecule has 1 N–H and O–H groups in total. The molecule has 2 rings (SSSR count). The molecule has 0 spiro atoms. The van der Waals surface area contributed by atoms with Crippen LogP contribution in [0.25, 0.3) is 0 Å². The van der Waals surface area contributed by atoms with Crippen molar-refractivity contribution in [1.29, 1.82) is 5.41 Å². The van der Waals surface area contributed by atoms with E-state index in [1.54, 1.807) is 14.2 Å². The number of ether oxygens (including phenoxy) is 2. The van der Waals surface area contributed by atoms with Crippen LogP contribution < -0.4 is 0 Å². The number of rotatable bonds is 5. The standard InChI is InChI=1S/C11H22O2.C7H12N2/c1-11(12-2,13-3)9-10-7-5-4-6-8-10;8-6-9-7-4-2-1-3-5-7/h10H,4-9H2,1-3H3;7-8H,1-5H2. The van der Waals surface area contributed by atoms with Gasteiger partial charge in [-0.25, -0.2) is 10.4 Å². The van der Waals surface area contributed by atoms with E-state index in [0.717, 1.165) is 12.3 Å². The minimum atomic E-state index is -0.359. The molecule has 2 fully saturated rings. The van der Waals surface area contributed by atoms with Gasteiger partial charge in [0, 0.05) is 20.6 Å². The highest BCUT2D eigenvalue weighted by molar-refractivity contribution is 5.36. The summed E-state index contributed by atoms with van der Waals surface area (Å²) >= 11 is 0. The molecule has 0 radical (unpaired) electrons. The largest absolute Gasteiger partial charge is 0.353 e. The molecule has 0 saturated heterocycles. The molecular weight excluding hydrogens is 276 g/mol. The van der Waals surface area contributed by atoms with Crippen molar-refractivity contribution in [3.05, 3.63) is 0 Å². The van der Waals surface area contributed by atoms with Gasteiger partial charge >= 0.3 is 0 Å². The molecule has 2 saturated carbocycles. The Morgan fingerprint density at radius 1 is 0.955 bits per heavy atom. The predicted octanol–water partition coefficient (Wildman–Crippen LogP) is 5.04. The molecular formula is C18H34N2O2. The Morgan fingerprint density at radius 3 is 1.91 bits per heavy atom. The summed E-state index contributed by atoms with van der Waals surface area (Å²) < 4.78 is 10.7. The molecule has 0 aromatic carbocycles. The van der Waals surface area contributed by atoms with Crippen LogP contribution >= 0.6 is 0 Å². The third-order valence-electron chi connectivity index (χ3n) is 5.07. The summed E-state index contributed by atoms with van der Waals surface area (Å²) in [6, 6.07) is 2.54. The summed E-state index contributed by atoms with van der Waals surface area (Å²) in [5.74, 6) is 0.445. The second-order valence-corrected chi connectivity index (χ2v) is 6.78. The Hall–Kier alpha value is -0.700. The Morgan fingerprint density at radius 2 is 1.45 bits per heavy atom. The lowest BCUT2D eigenvalue weighted by Gasteiger charge is -2.32. The van der Waals surface area contributed by atoms with Crippen LogP contribution in [0.5, 0.6) is 0 Å². The van der Waals surface area contributed by atoms with Gasteiger partial charge in [-0.3, -0.25) is 0 Å². The van der Waals surface area contributed by atoms with Crippen molar-refractivity contribution < 1.29 is 9.47 Å². The normalized spacial score (nSPS) is 20.7. The first kappa shape index (κ1) is 19.3. The first-order chi connectivity index (χ1) is 10.6. The van der Waals surface area contributed by atoms with Crippen LogP contribution in [0.1, 0.15) is 77.6 Å². The highest BCUT2D eigenvalue weighted by atomic mass is 16.7. The highest BCUT2D eigenvalue weighted by Crippen LogP contribution is 2.32. The number of hydrogen-bond acceptors (Lipinski definition) is 4. The van der Waals surface area contributed by atoms with E-state index in [1.807, 2.05) is 6.92 Å². The fraction of sp³-hybridized carbons (Fsp3) is 0.944. The van der Waals surface area contributed by atoms with Crippen LogP contribution in [0.15, 0.2) is 4.99 Å². The van der Waals surface area contributed by atoms with Gasteiger partial charge < -0.3 is 9.47 Å². The molecule has 2 aliphatic rings. The summed E-state index contributed by atoms with van der Waals surface area (Å²) in [6.45, 7) is 2.03. The molecule has 0 heterocycles. The van der Waals surface area contributed by atoms with Crippen LogP contribution in [0.3, 0.4) is 0 Å². The summed E-state index contributed by atoms with van der Waals surface area (Å²) in [4.78, 5) is 3.90. The second-order valence-electron chi connectivity index (χ2n) is 6.78. The third-order valence-corrected chi connectivity index (χ3v) is 5.07. The molecule has 0 atom stereocenters. The molecule has 0 aromatic rings. The quantitative estimate of drug-likeness (QED) is 0.571. The van der Waals surface area contributed by atoms with E-state index in [2.05, 4.69) is 11.0 Å². The van der Waals surface area contributed by atoms with Crippen LogP contribution in [0, 0.1) is 11.3 Å². The van der Waals surface area contributed by atoms with Crippen molar-refractivity contribution in [2.75, 3.05) is 14.2 Å². The molecule has 4 nitrogen and oxygen atoms in total. The first-order valence-corrected chi connectivity index (χ1v) is 8.85. The molecule has 4 heteroatoms. The number of methoxy groups -OCH3 is 2. The van der Waals surface area contributed by atoms with Gasteiger partial charge in [0.1, 0.15) is 0 Å². The fourth-order valence-corrected chi connectivity index (χ4v) is 3.47. The highest BCUT2D eigenvalue weighted by Gasteiger charge is 2.28. The smallest absolute Gasteiger partial charge is 0.165 e. The van der Waals surface area contributed by atoms with Crippen LogP contribution in [-0.4, -0.2) is 32.1 Å². The number of aliphatic imine (C=N–C) groups is 1. The lowest BCUT2D eigenvalue weighted by atomic mass is 9.85. The maximum Gasteiger partial charge on any atom is 0.165 e. The maximum absolute atomic E-state index is 6.62. The first-order valence-electron chi connectivity index (χ1n) is 8.85. The number of nitrogens with zero attached hydrogens (tertiary/aromatic N) is 1. The Kier molecular flexibility index (Phi) is 9.61. The van der Waals surface area contributed by atoms with Crippen molar-refractivity contribution in [2.45, 2.75) is 89.4 Å². The monoisotopic (exact) mass is 310 g/mol. The lowest BCUT2D eigenvalue weighted by molar-refractivity contribution is -0.205. The molecule has 0 aliphatic heterocycles. The predicted molar refractivity (Wildman–Crippen MR) is 90.6 cm³/mol. The molecule has 0 amide bonds. The summed E-state index contributed by atoms with van der Waals surface area (Å²) in [5, 5.41) is 6.62. The minimum absolute atomic E-state index is 0.359. The summed E-state index contributed by atoms with van der Waals surface area (Å²) in [5.41, 5.74) is 0. The minimum Gasteiger partial charge on any atom is -0.353 e. The van der Waals surface area contributed by atoms with Crippen LogP contribution in [-0.2, 0) is 9.47 Å². The topological polar surface area (TPSA) is 54.7 Å². The lowest BCUT2D eigenvalue weighted by Crippen LogP contribution is -2.33. The molecule has 0 unspecified atom stereocenters. The Bertz CT molecular complexity index is 324. The maximum atomic E-state index is 6.62. The van der Waals surface area contributed by atoms with Crippen LogP contribution in [0.2, 0.25) is 0 Å². The average Bonchev–Trinajstić information content (AvgIpc) is 2.57. The van der Waals surface area contributed by atoms with E-state index in [9.17, 15) is 0 Å². The zero-order valence-electron chi connectivity index (χ0n) is 14.7. The summed E-state index contributed by atoms with van der Waals surface area (Å²) in [6.07, 6.45) is 14.2. The zero-order chi connectivity index (χ0) is 16.3. The average molecular weight is 310 g/mol.